The molecule has 1 aromatic heterocycles. The van der Waals surface area contributed by atoms with Crippen molar-refractivity contribution in [2.45, 2.75) is 6.92 Å². The maximum atomic E-state index is 12.2. The van der Waals surface area contributed by atoms with Crippen LogP contribution >= 0.6 is 11.6 Å². The normalized spacial score (nSPS) is 10.5. The fourth-order valence-corrected chi connectivity index (χ4v) is 2.78. The number of hydrogen-bond donors (Lipinski definition) is 1. The number of aromatic nitrogens is 1. The first kappa shape index (κ1) is 16.1. The highest BCUT2D eigenvalue weighted by Gasteiger charge is 2.13. The Hall–Kier alpha value is -2.72. The van der Waals surface area contributed by atoms with Crippen LogP contribution in [0.5, 0.6) is 5.75 Å². The van der Waals surface area contributed by atoms with Crippen LogP contribution in [-0.2, 0) is 7.05 Å². The molecule has 0 saturated heterocycles. The number of ether oxygens (including phenoxy) is 1. The molecule has 1 N–H and O–H groups in total. The molecule has 24 heavy (non-hydrogen) atoms. The first-order chi connectivity index (χ1) is 11.5. The van der Waals surface area contributed by atoms with Crippen molar-refractivity contribution < 1.29 is 9.53 Å². The molecule has 0 aliphatic rings. The van der Waals surface area contributed by atoms with Gasteiger partial charge < -0.3 is 9.30 Å². The lowest BCUT2D eigenvalue weighted by Crippen LogP contribution is -2.17. The summed E-state index contributed by atoms with van der Waals surface area (Å²) in [5.74, 6) is 0.533. The summed E-state index contributed by atoms with van der Waals surface area (Å²) in [4.78, 5) is 12.2. The highest BCUT2D eigenvalue weighted by Crippen LogP contribution is 2.33. The molecule has 1 amide bonds. The molecule has 1 heterocycles. The van der Waals surface area contributed by atoms with E-state index in [1.54, 1.807) is 6.20 Å². The van der Waals surface area contributed by atoms with Gasteiger partial charge in [0.2, 0.25) is 0 Å². The summed E-state index contributed by atoms with van der Waals surface area (Å²) < 4.78 is 7.23. The third-order valence-electron chi connectivity index (χ3n) is 3.64. The Morgan fingerprint density at radius 1 is 1.04 bits per heavy atom. The smallest absolute Gasteiger partial charge is 0.408 e. The lowest BCUT2D eigenvalue weighted by atomic mass is 10.0. The zero-order valence-corrected chi connectivity index (χ0v) is 14.2. The summed E-state index contributed by atoms with van der Waals surface area (Å²) in [7, 11) is 1.88. The van der Waals surface area contributed by atoms with Gasteiger partial charge in [0.25, 0.3) is 0 Å². The van der Waals surface area contributed by atoms with Crippen LogP contribution in [0.2, 0.25) is 5.02 Å². The van der Waals surface area contributed by atoms with Crippen LogP contribution in [0.15, 0.2) is 60.9 Å². The number of amides is 1. The average molecular weight is 341 g/mol. The summed E-state index contributed by atoms with van der Waals surface area (Å²) in [5, 5.41) is 3.42. The van der Waals surface area contributed by atoms with Crippen molar-refractivity contribution in [3.8, 4) is 16.9 Å². The largest absolute Gasteiger partial charge is 0.417 e. The second kappa shape index (κ2) is 6.81. The van der Waals surface area contributed by atoms with E-state index in [0.717, 1.165) is 16.7 Å². The molecule has 122 valence electrons. The van der Waals surface area contributed by atoms with E-state index in [1.165, 1.54) is 0 Å². The molecule has 0 atom stereocenters. The van der Waals surface area contributed by atoms with Gasteiger partial charge in [-0.15, -0.1) is 0 Å². The van der Waals surface area contributed by atoms with E-state index >= 15 is 0 Å². The summed E-state index contributed by atoms with van der Waals surface area (Å²) >= 11 is 6.27. The second-order valence-electron chi connectivity index (χ2n) is 5.51. The van der Waals surface area contributed by atoms with Crippen LogP contribution in [0.25, 0.3) is 11.1 Å². The van der Waals surface area contributed by atoms with Gasteiger partial charge in [-0.25, -0.2) is 4.79 Å². The number of halogens is 1. The molecule has 0 radical (unpaired) electrons. The van der Waals surface area contributed by atoms with Gasteiger partial charge in [-0.3, -0.25) is 5.32 Å². The van der Waals surface area contributed by atoms with Crippen molar-refractivity contribution in [2.75, 3.05) is 5.32 Å². The van der Waals surface area contributed by atoms with E-state index in [0.29, 0.717) is 16.5 Å². The number of nitrogens with zero attached hydrogens (tertiary/aromatic N) is 1. The molecular formula is C19H17ClN2O2. The van der Waals surface area contributed by atoms with Crippen LogP contribution in [0.3, 0.4) is 0 Å². The van der Waals surface area contributed by atoms with E-state index in [1.807, 2.05) is 73.3 Å². The molecule has 3 rings (SSSR count). The maximum absolute atomic E-state index is 12.2. The molecule has 5 heteroatoms. The summed E-state index contributed by atoms with van der Waals surface area (Å²) in [6, 6.07) is 15.0. The summed E-state index contributed by atoms with van der Waals surface area (Å²) in [5.41, 5.74) is 3.23. The molecule has 0 saturated carbocycles. The van der Waals surface area contributed by atoms with E-state index in [-0.39, 0.29) is 0 Å². The minimum absolute atomic E-state index is 0.533. The van der Waals surface area contributed by atoms with Gasteiger partial charge in [0.05, 0.1) is 5.69 Å². The average Bonchev–Trinajstić information content (AvgIpc) is 2.86. The van der Waals surface area contributed by atoms with E-state index in [2.05, 4.69) is 5.32 Å². The van der Waals surface area contributed by atoms with Crippen molar-refractivity contribution in [1.82, 2.24) is 4.57 Å². The first-order valence-corrected chi connectivity index (χ1v) is 7.87. The number of anilines is 1. The number of aryl methyl sites for hydroxylation is 2. The van der Waals surface area contributed by atoms with Gasteiger partial charge in [0.1, 0.15) is 0 Å². The standard InChI is InChI=1S/C19H17ClN2O2/c1-13-11-22(2)12-18(13)24-19(23)21-17-10-6-4-8-15(17)14-7-3-5-9-16(14)20/h3-12H,1-2H3,(H,21,23). The molecule has 0 bridgehead atoms. The Bertz CT molecular complexity index is 887. The van der Waals surface area contributed by atoms with Crippen molar-refractivity contribution in [3.05, 3.63) is 71.5 Å². The Labute approximate surface area is 145 Å². The second-order valence-corrected chi connectivity index (χ2v) is 5.92. The molecule has 0 aliphatic carbocycles. The number of para-hydroxylation sites is 1. The molecule has 0 unspecified atom stereocenters. The number of rotatable bonds is 3. The zero-order valence-electron chi connectivity index (χ0n) is 13.4. The quantitative estimate of drug-likeness (QED) is 0.706. The Balaban J connectivity index is 1.84. The zero-order chi connectivity index (χ0) is 17.1. The van der Waals surface area contributed by atoms with Crippen molar-refractivity contribution in [1.29, 1.82) is 0 Å². The van der Waals surface area contributed by atoms with Gasteiger partial charge in [-0.1, -0.05) is 48.0 Å². The summed E-state index contributed by atoms with van der Waals surface area (Å²) in [6.07, 6.45) is 3.11. The van der Waals surface area contributed by atoms with Gasteiger partial charge in [0, 0.05) is 41.2 Å². The lowest BCUT2D eigenvalue weighted by Gasteiger charge is -2.12. The SMILES string of the molecule is Cc1cn(C)cc1OC(=O)Nc1ccccc1-c1ccccc1Cl. The fraction of sp³-hybridized carbons (Fsp3) is 0.105. The van der Waals surface area contributed by atoms with E-state index in [4.69, 9.17) is 16.3 Å². The predicted molar refractivity (Wildman–Crippen MR) is 96.7 cm³/mol. The fourth-order valence-electron chi connectivity index (χ4n) is 2.54. The molecule has 4 nitrogen and oxygen atoms in total. The van der Waals surface area contributed by atoms with Crippen molar-refractivity contribution in [3.63, 3.8) is 0 Å². The number of hydrogen-bond acceptors (Lipinski definition) is 2. The predicted octanol–water partition coefficient (Wildman–Crippen LogP) is 5.26. The minimum atomic E-state index is -0.538. The Morgan fingerprint density at radius 3 is 2.38 bits per heavy atom. The number of nitrogens with one attached hydrogen (secondary N) is 1. The maximum Gasteiger partial charge on any atom is 0.417 e. The highest BCUT2D eigenvalue weighted by atomic mass is 35.5. The molecule has 2 aromatic carbocycles. The Kier molecular flexibility index (Phi) is 4.58. The topological polar surface area (TPSA) is 43.3 Å². The molecule has 0 fully saturated rings. The monoisotopic (exact) mass is 340 g/mol. The van der Waals surface area contributed by atoms with Gasteiger partial charge in [-0.2, -0.15) is 0 Å². The van der Waals surface area contributed by atoms with Crippen LogP contribution in [0.4, 0.5) is 10.5 Å². The van der Waals surface area contributed by atoms with Crippen LogP contribution in [0.1, 0.15) is 5.56 Å². The van der Waals surface area contributed by atoms with Gasteiger partial charge >= 0.3 is 6.09 Å². The summed E-state index contributed by atoms with van der Waals surface area (Å²) in [6.45, 7) is 1.89. The first-order valence-electron chi connectivity index (χ1n) is 7.50. The number of carbonyl (C=O) groups is 1. The number of benzene rings is 2. The third-order valence-corrected chi connectivity index (χ3v) is 3.97. The molecule has 3 aromatic rings. The van der Waals surface area contributed by atoms with Crippen molar-refractivity contribution >= 4 is 23.4 Å². The van der Waals surface area contributed by atoms with Gasteiger partial charge in [0.15, 0.2) is 5.75 Å². The molecule has 0 spiro atoms. The van der Waals surface area contributed by atoms with E-state index < -0.39 is 6.09 Å². The molecule has 0 aliphatic heterocycles. The highest BCUT2D eigenvalue weighted by molar-refractivity contribution is 6.33. The third kappa shape index (κ3) is 3.44. The van der Waals surface area contributed by atoms with Crippen LogP contribution in [-0.4, -0.2) is 10.7 Å². The Morgan fingerprint density at radius 2 is 1.71 bits per heavy atom. The molecular weight excluding hydrogens is 324 g/mol. The van der Waals surface area contributed by atoms with Gasteiger partial charge in [-0.05, 0) is 19.1 Å². The van der Waals surface area contributed by atoms with E-state index in [9.17, 15) is 4.79 Å². The minimum Gasteiger partial charge on any atom is -0.408 e. The van der Waals surface area contributed by atoms with Crippen molar-refractivity contribution in [2.24, 2.45) is 7.05 Å². The lowest BCUT2D eigenvalue weighted by molar-refractivity contribution is 0.215. The van der Waals surface area contributed by atoms with Crippen LogP contribution < -0.4 is 10.1 Å². The van der Waals surface area contributed by atoms with Crippen LogP contribution in [0, 0.1) is 6.92 Å². The number of carbonyl (C=O) groups excluding carboxylic acids is 1.